The number of rotatable bonds is 4. The van der Waals surface area contributed by atoms with Crippen molar-refractivity contribution in [3.05, 3.63) is 51.6 Å². The molecule has 0 saturated carbocycles. The first-order valence-electron chi connectivity index (χ1n) is 7.14. The number of anilines is 1. The molecule has 0 fully saturated rings. The van der Waals surface area contributed by atoms with Crippen LogP contribution < -0.4 is 14.4 Å². The fourth-order valence-corrected chi connectivity index (χ4v) is 2.81. The molecule has 2 aromatic carbocycles. The molecule has 1 aliphatic rings. The molecule has 3 rings (SSSR count). The highest BCUT2D eigenvalue weighted by Crippen LogP contribution is 2.46. The first kappa shape index (κ1) is 16.5. The number of carbonyl (C=O) groups is 1. The Hall–Kier alpha value is -3.33. The van der Waals surface area contributed by atoms with Crippen LogP contribution in [0.15, 0.2) is 30.3 Å². The van der Waals surface area contributed by atoms with Crippen LogP contribution in [0.1, 0.15) is 22.1 Å². The van der Waals surface area contributed by atoms with E-state index in [1.165, 1.54) is 26.4 Å². The van der Waals surface area contributed by atoms with Gasteiger partial charge in [0, 0.05) is 17.7 Å². The molecule has 0 bridgehead atoms. The first-order chi connectivity index (χ1) is 11.9. The summed E-state index contributed by atoms with van der Waals surface area (Å²) in [6.07, 6.45) is -1.43. The number of methoxy groups -OCH3 is 2. The van der Waals surface area contributed by atoms with E-state index in [2.05, 4.69) is 0 Å². The van der Waals surface area contributed by atoms with E-state index in [9.17, 15) is 25.1 Å². The van der Waals surface area contributed by atoms with Gasteiger partial charge in [-0.05, 0) is 18.2 Å². The highest BCUT2D eigenvalue weighted by atomic mass is 16.6. The summed E-state index contributed by atoms with van der Waals surface area (Å²) in [6, 6.07) is 6.24. The van der Waals surface area contributed by atoms with Crippen LogP contribution in [-0.2, 0) is 0 Å². The number of amides is 1. The molecule has 130 valence electrons. The number of fused-ring (bicyclic) bond motifs is 1. The second-order valence-corrected chi connectivity index (χ2v) is 5.24. The van der Waals surface area contributed by atoms with E-state index in [1.54, 1.807) is 0 Å². The third-order valence-electron chi connectivity index (χ3n) is 3.96. The number of hydrogen-bond acceptors (Lipinski definition) is 7. The Kier molecular flexibility index (Phi) is 3.93. The maximum atomic E-state index is 12.8. The van der Waals surface area contributed by atoms with Gasteiger partial charge < -0.3 is 19.7 Å². The Balaban J connectivity index is 2.17. The number of aromatic hydroxyl groups is 1. The van der Waals surface area contributed by atoms with Gasteiger partial charge in [-0.2, -0.15) is 0 Å². The van der Waals surface area contributed by atoms with Crippen LogP contribution in [0.5, 0.6) is 17.2 Å². The summed E-state index contributed by atoms with van der Waals surface area (Å²) in [7, 11) is 2.76. The minimum atomic E-state index is -1.43. The van der Waals surface area contributed by atoms with Crippen molar-refractivity contribution in [2.45, 2.75) is 6.23 Å². The zero-order valence-corrected chi connectivity index (χ0v) is 13.3. The summed E-state index contributed by atoms with van der Waals surface area (Å²) in [6.45, 7) is 0. The second kappa shape index (κ2) is 5.95. The van der Waals surface area contributed by atoms with Crippen LogP contribution in [0.3, 0.4) is 0 Å². The third kappa shape index (κ3) is 2.41. The Bertz CT molecular complexity index is 881. The van der Waals surface area contributed by atoms with Gasteiger partial charge in [-0.1, -0.05) is 0 Å². The number of aliphatic hydroxyl groups is 1. The molecule has 1 aliphatic heterocycles. The lowest BCUT2D eigenvalue weighted by molar-refractivity contribution is -0.384. The number of nitro benzene ring substituents is 1. The third-order valence-corrected chi connectivity index (χ3v) is 3.96. The van der Waals surface area contributed by atoms with Crippen LogP contribution in [-0.4, -0.2) is 35.3 Å². The van der Waals surface area contributed by atoms with E-state index in [0.29, 0.717) is 5.75 Å². The minimum absolute atomic E-state index is 0.0697. The molecule has 1 heterocycles. The van der Waals surface area contributed by atoms with Crippen molar-refractivity contribution in [3.63, 3.8) is 0 Å². The van der Waals surface area contributed by atoms with E-state index >= 15 is 0 Å². The van der Waals surface area contributed by atoms with E-state index in [-0.39, 0.29) is 34.0 Å². The van der Waals surface area contributed by atoms with Crippen molar-refractivity contribution < 1.29 is 29.4 Å². The zero-order valence-electron chi connectivity index (χ0n) is 13.3. The molecule has 0 aliphatic carbocycles. The molecule has 1 atom stereocenters. The van der Waals surface area contributed by atoms with Crippen molar-refractivity contribution in [2.75, 3.05) is 19.1 Å². The Morgan fingerprint density at radius 1 is 1.20 bits per heavy atom. The molecule has 1 amide bonds. The minimum Gasteiger partial charge on any atom is -0.506 e. The summed E-state index contributed by atoms with van der Waals surface area (Å²) < 4.78 is 10.4. The van der Waals surface area contributed by atoms with Crippen LogP contribution in [0, 0.1) is 10.1 Å². The molecular weight excluding hydrogens is 332 g/mol. The molecule has 0 radical (unpaired) electrons. The highest BCUT2D eigenvalue weighted by molar-refractivity contribution is 6.13. The normalized spacial score (nSPS) is 15.9. The first-order valence-corrected chi connectivity index (χ1v) is 7.14. The lowest BCUT2D eigenvalue weighted by Crippen LogP contribution is -2.27. The van der Waals surface area contributed by atoms with E-state index in [0.717, 1.165) is 23.1 Å². The maximum absolute atomic E-state index is 12.8. The summed E-state index contributed by atoms with van der Waals surface area (Å²) in [5, 5.41) is 31.5. The average molecular weight is 346 g/mol. The van der Waals surface area contributed by atoms with Crippen LogP contribution in [0.4, 0.5) is 11.4 Å². The van der Waals surface area contributed by atoms with Gasteiger partial charge in [0.15, 0.2) is 17.7 Å². The summed E-state index contributed by atoms with van der Waals surface area (Å²) in [5.74, 6) is -0.617. The Labute approximate surface area is 141 Å². The number of phenols is 1. The fraction of sp³-hybridized carbons (Fsp3) is 0.188. The van der Waals surface area contributed by atoms with Crippen molar-refractivity contribution in [1.29, 1.82) is 0 Å². The second-order valence-electron chi connectivity index (χ2n) is 5.24. The van der Waals surface area contributed by atoms with Gasteiger partial charge in [0.1, 0.15) is 5.75 Å². The smallest absolute Gasteiger partial charge is 0.271 e. The highest BCUT2D eigenvalue weighted by Gasteiger charge is 2.41. The van der Waals surface area contributed by atoms with Crippen LogP contribution >= 0.6 is 0 Å². The number of phenolic OH excluding ortho intramolecular Hbond substituents is 1. The molecule has 9 heteroatoms. The molecule has 2 aromatic rings. The van der Waals surface area contributed by atoms with Crippen molar-refractivity contribution in [2.24, 2.45) is 0 Å². The molecule has 2 N–H and O–H groups in total. The quantitative estimate of drug-likeness (QED) is 0.641. The Morgan fingerprint density at radius 2 is 1.92 bits per heavy atom. The lowest BCUT2D eigenvalue weighted by Gasteiger charge is -2.21. The topological polar surface area (TPSA) is 122 Å². The number of hydrogen-bond donors (Lipinski definition) is 2. The van der Waals surface area contributed by atoms with Gasteiger partial charge in [-0.3, -0.25) is 19.8 Å². The van der Waals surface area contributed by atoms with Crippen molar-refractivity contribution in [1.82, 2.24) is 0 Å². The Morgan fingerprint density at radius 3 is 2.52 bits per heavy atom. The van der Waals surface area contributed by atoms with Gasteiger partial charge >= 0.3 is 0 Å². The van der Waals surface area contributed by atoms with Crippen LogP contribution in [0.2, 0.25) is 0 Å². The summed E-state index contributed by atoms with van der Waals surface area (Å²) >= 11 is 0. The number of carbonyl (C=O) groups excluding carboxylic acids is 1. The average Bonchev–Trinajstić information content (AvgIpc) is 2.85. The van der Waals surface area contributed by atoms with Gasteiger partial charge in [-0.15, -0.1) is 0 Å². The molecule has 25 heavy (non-hydrogen) atoms. The molecule has 9 nitrogen and oxygen atoms in total. The molecule has 0 aromatic heterocycles. The number of nitrogens with zero attached hydrogens (tertiary/aromatic N) is 2. The van der Waals surface area contributed by atoms with Crippen molar-refractivity contribution in [3.8, 4) is 17.2 Å². The zero-order chi connectivity index (χ0) is 18.3. The monoisotopic (exact) mass is 346 g/mol. The van der Waals surface area contributed by atoms with Crippen molar-refractivity contribution >= 4 is 17.3 Å². The largest absolute Gasteiger partial charge is 0.506 e. The predicted molar refractivity (Wildman–Crippen MR) is 86.1 cm³/mol. The van der Waals surface area contributed by atoms with Crippen LogP contribution in [0.25, 0.3) is 0 Å². The van der Waals surface area contributed by atoms with E-state index < -0.39 is 17.1 Å². The predicted octanol–water partition coefficient (Wildman–Crippen LogP) is 1.97. The number of benzene rings is 2. The molecule has 1 unspecified atom stereocenters. The van der Waals surface area contributed by atoms with E-state index in [1.807, 2.05) is 0 Å². The SMILES string of the molecule is COc1ccc2c(c1OC)C(=O)N(c1cc([N+](=O)[O-])ccc1O)C2O. The molecule has 0 saturated heterocycles. The lowest BCUT2D eigenvalue weighted by atomic mass is 10.1. The van der Waals surface area contributed by atoms with Gasteiger partial charge in [0.2, 0.25) is 0 Å². The number of non-ortho nitro benzene ring substituents is 1. The molecular formula is C16H14N2O7. The number of nitro groups is 1. The number of ether oxygens (including phenoxy) is 2. The van der Waals surface area contributed by atoms with E-state index in [4.69, 9.17) is 9.47 Å². The fourth-order valence-electron chi connectivity index (χ4n) is 2.81. The summed E-state index contributed by atoms with van der Waals surface area (Å²) in [4.78, 5) is 24.0. The standard InChI is InChI=1S/C16H14N2O7/c1-24-12-6-4-9-13(14(12)25-2)16(21)17(15(9)20)10-7-8(18(22)23)3-5-11(10)19/h3-7,15,19-20H,1-2H3. The number of aliphatic hydroxyl groups excluding tert-OH is 1. The van der Waals surface area contributed by atoms with Gasteiger partial charge in [0.05, 0.1) is 30.4 Å². The maximum Gasteiger partial charge on any atom is 0.271 e. The van der Waals surface area contributed by atoms with Gasteiger partial charge in [0.25, 0.3) is 11.6 Å². The summed E-state index contributed by atoms with van der Waals surface area (Å²) in [5.41, 5.74) is -0.189. The molecule has 0 spiro atoms. The van der Waals surface area contributed by atoms with Gasteiger partial charge in [-0.25, -0.2) is 0 Å².